The van der Waals surface area contributed by atoms with E-state index in [1.807, 2.05) is 26.0 Å². The Morgan fingerprint density at radius 1 is 1.19 bits per heavy atom. The second-order valence-corrected chi connectivity index (χ2v) is 10.5. The van der Waals surface area contributed by atoms with E-state index in [2.05, 4.69) is 20.2 Å². The highest BCUT2D eigenvalue weighted by atomic mass is 35.5. The van der Waals surface area contributed by atoms with Crippen LogP contribution in [-0.2, 0) is 10.0 Å². The Morgan fingerprint density at radius 2 is 1.94 bits per heavy atom. The van der Waals surface area contributed by atoms with Crippen LogP contribution in [0, 0.1) is 6.92 Å². The van der Waals surface area contributed by atoms with Crippen LogP contribution in [0.25, 0.3) is 0 Å². The van der Waals surface area contributed by atoms with Crippen LogP contribution in [0.1, 0.15) is 40.9 Å². The molecular weight excluding hydrogens is 495 g/mol. The highest BCUT2D eigenvalue weighted by molar-refractivity contribution is 7.91. The molecule has 0 saturated heterocycles. The maximum absolute atomic E-state index is 12.9. The molecule has 0 aliphatic carbocycles. The summed E-state index contributed by atoms with van der Waals surface area (Å²) < 4.78 is 33.4. The minimum Gasteiger partial charge on any atom is -0.496 e. The van der Waals surface area contributed by atoms with Gasteiger partial charge in [0, 0.05) is 11.1 Å². The monoisotopic (exact) mass is 514 g/mol. The molecule has 0 radical (unpaired) electrons. The van der Waals surface area contributed by atoms with Crippen molar-refractivity contribution in [3.63, 3.8) is 0 Å². The Labute approximate surface area is 200 Å². The van der Waals surface area contributed by atoms with E-state index in [4.69, 9.17) is 27.9 Å². The summed E-state index contributed by atoms with van der Waals surface area (Å²) in [4.78, 5) is 12.4. The number of aryl methyl sites for hydroxylation is 1. The molecule has 0 aliphatic heterocycles. The predicted octanol–water partition coefficient (Wildman–Crippen LogP) is 4.84. The first kappa shape index (κ1) is 24.4. The van der Waals surface area contributed by atoms with Crippen LogP contribution < -0.4 is 14.8 Å². The van der Waals surface area contributed by atoms with Gasteiger partial charge < -0.3 is 4.74 Å². The number of methoxy groups -OCH3 is 1. The summed E-state index contributed by atoms with van der Waals surface area (Å²) in [5.74, 6) is 0.164. The van der Waals surface area contributed by atoms with Gasteiger partial charge in [-0.05, 0) is 48.7 Å². The number of ether oxygens (including phenoxy) is 1. The van der Waals surface area contributed by atoms with Gasteiger partial charge in [0.15, 0.2) is 0 Å². The van der Waals surface area contributed by atoms with E-state index >= 15 is 0 Å². The predicted molar refractivity (Wildman–Crippen MR) is 125 cm³/mol. The van der Waals surface area contributed by atoms with Crippen molar-refractivity contribution in [2.75, 3.05) is 12.4 Å². The van der Waals surface area contributed by atoms with Crippen molar-refractivity contribution in [1.82, 2.24) is 14.9 Å². The maximum atomic E-state index is 12.9. The van der Waals surface area contributed by atoms with Crippen LogP contribution in [0.5, 0.6) is 5.75 Å². The Balaban J connectivity index is 1.76. The van der Waals surface area contributed by atoms with Crippen molar-refractivity contribution < 1.29 is 17.9 Å². The van der Waals surface area contributed by atoms with Crippen molar-refractivity contribution in [3.05, 3.63) is 63.1 Å². The fourth-order valence-electron chi connectivity index (χ4n) is 2.95. The van der Waals surface area contributed by atoms with Crippen LogP contribution in [0.2, 0.25) is 10.0 Å². The molecule has 2 N–H and O–H groups in total. The first-order valence-corrected chi connectivity index (χ1v) is 12.5. The summed E-state index contributed by atoms with van der Waals surface area (Å²) in [5, 5.41) is 10.6. The number of anilines is 1. The molecule has 1 atom stereocenters. The molecule has 1 amide bonds. The average molecular weight is 515 g/mol. The SMILES string of the molecule is CCC(NS(=O)(=O)c1nnc(NC(=O)c2ccc(Cl)cc2Cl)s1)c1ccc(OC)c(C)c1. The molecule has 8 nitrogen and oxygen atoms in total. The number of nitrogens with one attached hydrogen (secondary N) is 2. The van der Waals surface area contributed by atoms with Crippen molar-refractivity contribution >= 4 is 55.6 Å². The number of nitrogens with zero attached hydrogens (tertiary/aromatic N) is 2. The van der Waals surface area contributed by atoms with Gasteiger partial charge in [-0.1, -0.05) is 53.6 Å². The first-order chi connectivity index (χ1) is 15.1. The van der Waals surface area contributed by atoms with Crippen molar-refractivity contribution in [2.45, 2.75) is 30.6 Å². The molecule has 1 aromatic heterocycles. The fraction of sp³-hybridized carbons (Fsp3) is 0.250. The van der Waals surface area contributed by atoms with Crippen LogP contribution in [-0.4, -0.2) is 31.6 Å². The van der Waals surface area contributed by atoms with Crippen molar-refractivity contribution in [1.29, 1.82) is 0 Å². The molecule has 12 heteroatoms. The first-order valence-electron chi connectivity index (χ1n) is 9.41. The molecule has 1 unspecified atom stereocenters. The molecule has 2 aromatic carbocycles. The topological polar surface area (TPSA) is 110 Å². The normalized spacial score (nSPS) is 12.4. The number of hydrogen-bond donors (Lipinski definition) is 2. The van der Waals surface area contributed by atoms with Crippen LogP contribution >= 0.6 is 34.5 Å². The minimum absolute atomic E-state index is 0.0229. The van der Waals surface area contributed by atoms with Gasteiger partial charge >= 0.3 is 0 Å². The van der Waals surface area contributed by atoms with E-state index in [1.165, 1.54) is 18.2 Å². The molecular formula is C20H20Cl2N4O4S2. The van der Waals surface area contributed by atoms with Gasteiger partial charge in [0.1, 0.15) is 5.75 Å². The van der Waals surface area contributed by atoms with Gasteiger partial charge in [0.2, 0.25) is 9.47 Å². The number of carbonyl (C=O) groups excluding carboxylic acids is 1. The summed E-state index contributed by atoms with van der Waals surface area (Å²) in [7, 11) is -2.39. The van der Waals surface area contributed by atoms with Gasteiger partial charge in [-0.2, -0.15) is 0 Å². The van der Waals surface area contributed by atoms with Gasteiger partial charge in [0.05, 0.1) is 17.7 Å². The molecule has 32 heavy (non-hydrogen) atoms. The third kappa shape index (κ3) is 5.57. The van der Waals surface area contributed by atoms with E-state index in [-0.39, 0.29) is 20.1 Å². The van der Waals surface area contributed by atoms with E-state index in [0.717, 1.165) is 28.2 Å². The Morgan fingerprint density at radius 3 is 2.56 bits per heavy atom. The molecule has 3 aromatic rings. The summed E-state index contributed by atoms with van der Waals surface area (Å²) in [6, 6.07) is 9.42. The van der Waals surface area contributed by atoms with Gasteiger partial charge in [0.25, 0.3) is 15.9 Å². The second-order valence-electron chi connectivity index (χ2n) is 6.76. The Bertz CT molecular complexity index is 1250. The molecule has 0 bridgehead atoms. The summed E-state index contributed by atoms with van der Waals surface area (Å²) in [5.41, 5.74) is 1.86. The van der Waals surface area contributed by atoms with Crippen molar-refractivity contribution in [2.24, 2.45) is 0 Å². The van der Waals surface area contributed by atoms with Gasteiger partial charge in [-0.15, -0.1) is 10.2 Å². The highest BCUT2D eigenvalue weighted by Crippen LogP contribution is 2.28. The zero-order valence-electron chi connectivity index (χ0n) is 17.3. The number of halogens is 2. The van der Waals surface area contributed by atoms with Crippen LogP contribution in [0.4, 0.5) is 5.13 Å². The maximum Gasteiger partial charge on any atom is 0.270 e. The Hall–Kier alpha value is -2.24. The molecule has 0 aliphatic rings. The Kier molecular flexibility index (Phi) is 7.73. The van der Waals surface area contributed by atoms with Crippen LogP contribution in [0.3, 0.4) is 0 Å². The number of carbonyl (C=O) groups is 1. The highest BCUT2D eigenvalue weighted by Gasteiger charge is 2.25. The van der Waals surface area contributed by atoms with Gasteiger partial charge in [-0.25, -0.2) is 13.1 Å². The molecule has 3 rings (SSSR count). The molecule has 0 spiro atoms. The lowest BCUT2D eigenvalue weighted by Gasteiger charge is -2.17. The van der Waals surface area contributed by atoms with Gasteiger partial charge in [-0.3, -0.25) is 10.1 Å². The summed E-state index contributed by atoms with van der Waals surface area (Å²) in [6.07, 6.45) is 0.516. The zero-order chi connectivity index (χ0) is 23.5. The molecule has 0 saturated carbocycles. The van der Waals surface area contributed by atoms with E-state index in [0.29, 0.717) is 11.4 Å². The number of aromatic nitrogens is 2. The van der Waals surface area contributed by atoms with E-state index in [9.17, 15) is 13.2 Å². The zero-order valence-corrected chi connectivity index (χ0v) is 20.5. The average Bonchev–Trinajstić information content (AvgIpc) is 3.21. The largest absolute Gasteiger partial charge is 0.496 e. The van der Waals surface area contributed by atoms with Crippen LogP contribution in [0.15, 0.2) is 40.7 Å². The lowest BCUT2D eigenvalue weighted by Crippen LogP contribution is -2.28. The number of hydrogen-bond acceptors (Lipinski definition) is 7. The molecule has 1 heterocycles. The fourth-order valence-corrected chi connectivity index (χ4v) is 5.66. The summed E-state index contributed by atoms with van der Waals surface area (Å²) in [6.45, 7) is 3.75. The number of amides is 1. The number of rotatable bonds is 8. The number of benzene rings is 2. The lowest BCUT2D eigenvalue weighted by atomic mass is 10.0. The molecule has 170 valence electrons. The lowest BCUT2D eigenvalue weighted by molar-refractivity contribution is 0.102. The quantitative estimate of drug-likeness (QED) is 0.416. The van der Waals surface area contributed by atoms with Crippen molar-refractivity contribution in [3.8, 4) is 5.75 Å². The third-order valence-electron chi connectivity index (χ3n) is 4.56. The van der Waals surface area contributed by atoms with E-state index < -0.39 is 22.0 Å². The minimum atomic E-state index is -3.97. The summed E-state index contributed by atoms with van der Waals surface area (Å²) >= 11 is 12.6. The van der Waals surface area contributed by atoms with E-state index in [1.54, 1.807) is 13.2 Å². The second kappa shape index (κ2) is 10.1. The smallest absolute Gasteiger partial charge is 0.270 e. The third-order valence-corrected chi connectivity index (χ3v) is 7.79. The number of sulfonamides is 1. The molecule has 0 fully saturated rings. The standard InChI is InChI=1S/C20H20Cl2N4O4S2/c1-4-16(12-5-8-17(30-3)11(2)9-12)26-32(28,29)20-25-24-19(31-20)23-18(27)14-7-6-13(21)10-15(14)22/h5-10,16,26H,4H2,1-3H3,(H,23,24,27).